The van der Waals surface area contributed by atoms with E-state index in [9.17, 15) is 42.1 Å². The number of hydrogen-bond acceptors (Lipinski definition) is 16. The first-order valence-electron chi connectivity index (χ1n) is 34.6. The minimum Gasteiger partial charge on any atom is -0.379 e. The number of nitrogens with zero attached hydrogens (tertiary/aromatic N) is 9. The minimum absolute atomic E-state index is 0.0628. The summed E-state index contributed by atoms with van der Waals surface area (Å²) in [5, 5.41) is 0. The lowest BCUT2D eigenvalue weighted by Gasteiger charge is -2.57. The van der Waals surface area contributed by atoms with Crippen molar-refractivity contribution in [2.45, 2.75) is 255 Å². The van der Waals surface area contributed by atoms with E-state index < -0.39 is 60.0 Å². The second-order valence-electron chi connectivity index (χ2n) is 28.8. The van der Waals surface area contributed by atoms with Gasteiger partial charge in [0.1, 0.15) is 9.99 Å². The highest BCUT2D eigenvalue weighted by Gasteiger charge is 2.48. The largest absolute Gasteiger partial charge is 0.379 e. The van der Waals surface area contributed by atoms with Crippen molar-refractivity contribution in [3.05, 3.63) is 0 Å². The zero-order chi connectivity index (χ0) is 69.8. The lowest BCUT2D eigenvalue weighted by Crippen LogP contribution is -2.61. The molecule has 0 aromatic heterocycles. The Morgan fingerprint density at radius 3 is 1.04 bits per heavy atom. The van der Waals surface area contributed by atoms with Crippen LogP contribution in [0.1, 0.15) is 195 Å². The molecule has 9 saturated heterocycles. The topological polar surface area (TPSA) is 240 Å². The molecule has 11 aliphatic rings. The van der Waals surface area contributed by atoms with Crippen LogP contribution in [0.15, 0.2) is 0 Å². The number of sulfonamides is 3. The van der Waals surface area contributed by atoms with Crippen LogP contribution in [-0.2, 0) is 73.6 Å². The fourth-order valence-corrected chi connectivity index (χ4v) is 22.4. The monoisotopic (exact) mass is 1430 g/mol. The van der Waals surface area contributed by atoms with Crippen LogP contribution >= 0.6 is 0 Å². The molecule has 1 N–H and O–H groups in total. The van der Waals surface area contributed by atoms with Gasteiger partial charge < -0.3 is 9.47 Å². The third kappa shape index (κ3) is 27.8. The van der Waals surface area contributed by atoms with Gasteiger partial charge in [-0.05, 0) is 206 Å². The van der Waals surface area contributed by atoms with Gasteiger partial charge in [-0.1, -0.05) is 6.42 Å². The lowest BCUT2D eigenvalue weighted by molar-refractivity contribution is -0.0758. The maximum atomic E-state index is 11.6. The molecule has 29 heteroatoms. The van der Waals surface area contributed by atoms with Crippen molar-refractivity contribution in [3.8, 4) is 0 Å². The molecule has 11 fully saturated rings. The summed E-state index contributed by atoms with van der Waals surface area (Å²) in [5.74, 6) is 9.03. The Morgan fingerprint density at radius 1 is 0.359 bits per heavy atom. The molecule has 0 amide bonds. The Morgan fingerprint density at radius 2 is 0.783 bits per heavy atom. The molecule has 92 heavy (non-hydrogen) atoms. The second kappa shape index (κ2) is 38.2. The molecule has 2 atom stereocenters. The molecule has 9 aliphatic heterocycles. The Hall–Kier alpha value is -0.680. The van der Waals surface area contributed by atoms with Crippen LogP contribution in [0.2, 0.25) is 0 Å². The third-order valence-corrected chi connectivity index (χ3v) is 30.6. The molecule has 2 unspecified atom stereocenters. The first kappa shape index (κ1) is 85.5. The summed E-state index contributed by atoms with van der Waals surface area (Å²) in [5.41, 5.74) is 1.13. The van der Waals surface area contributed by atoms with E-state index in [0.29, 0.717) is 80.3 Å². The molecular formula is C63H132N10O13S6. The van der Waals surface area contributed by atoms with E-state index in [1.54, 1.807) is 12.9 Å². The first-order valence-corrected chi connectivity index (χ1v) is 44.3. The molecule has 0 radical (unpaired) electrons. The van der Waals surface area contributed by atoms with Gasteiger partial charge in [-0.15, -0.1) is 0 Å². The van der Waals surface area contributed by atoms with Crippen molar-refractivity contribution >= 4 is 71.7 Å². The summed E-state index contributed by atoms with van der Waals surface area (Å²) in [4.78, 5) is 7.54. The molecule has 0 bridgehead atoms. The predicted molar refractivity (Wildman–Crippen MR) is 384 cm³/mol. The standard InChI is InChI=1S/C9H17NO.C9H17N.2C7H15NO2S.C7H15NOS.C7H15NO.C6H14N2O2S.C6H13NO2S.C5H11NO2S/c1-8(2)10-5-6-11-9(7-10)3-4-9;1-8(2)10-6-9(7-10)4-3-5-9;2*1-7(2)8-5-3-4-6-11(8,9)10;1-7(2)8-5-4-6-10(8,3)9;1-7(2)8-3-5-9-6-4-8;1-6(2)8-5-3-4-7-11(8,9)10;1-6(2)7-4-5-9-10(7,3)8;1-5(2)6-3-4-9(6,7)8/h8H,3-7H2,1-2H3;8H,3-7H2,1-2H3;2*7H,3-6H2,1-2H3;7H,3-6H2,1-2H3;7H,3-6H2,1-2H3;6-7H,3-5H2,1-2H3;6H,3-5H2,1-2H3;5H,3-4H2,1-2H3. The molecule has 2 aliphatic carbocycles. The maximum absolute atomic E-state index is 11.6. The fraction of sp³-hybridized carbons (Fsp3) is 0.968. The molecule has 11 rings (SSSR count). The lowest BCUT2D eigenvalue weighted by atomic mass is 9.63. The van der Waals surface area contributed by atoms with Crippen molar-refractivity contribution in [3.63, 3.8) is 0 Å². The number of hydrogen-bond donors (Lipinski definition) is 1. The van der Waals surface area contributed by atoms with Gasteiger partial charge in [0.2, 0.25) is 30.1 Å². The minimum atomic E-state index is -3.14. The van der Waals surface area contributed by atoms with Crippen LogP contribution in [0.4, 0.5) is 0 Å². The van der Waals surface area contributed by atoms with Gasteiger partial charge in [-0.2, -0.15) is 25.6 Å². The highest BCUT2D eigenvalue weighted by Crippen LogP contribution is 2.48. The van der Waals surface area contributed by atoms with Gasteiger partial charge in [-0.25, -0.2) is 42.8 Å². The van der Waals surface area contributed by atoms with Crippen LogP contribution < -0.4 is 4.72 Å². The first-order chi connectivity index (χ1) is 42.5. The fourth-order valence-electron chi connectivity index (χ4n) is 12.3. The van der Waals surface area contributed by atoms with Gasteiger partial charge in [0.05, 0.1) is 49.3 Å². The second-order valence-corrected chi connectivity index (χ2v) is 40.9. The van der Waals surface area contributed by atoms with E-state index >= 15 is 0 Å². The molecule has 23 nitrogen and oxygen atoms in total. The zero-order valence-corrected chi connectivity index (χ0v) is 65.4. The third-order valence-electron chi connectivity index (χ3n) is 18.3. The van der Waals surface area contributed by atoms with Gasteiger partial charge in [-0.3, -0.25) is 23.1 Å². The summed E-state index contributed by atoms with van der Waals surface area (Å²) in [6.07, 6.45) is 12.7. The molecular weight excluding hydrogens is 1300 g/mol. The van der Waals surface area contributed by atoms with Crippen molar-refractivity contribution < 1.29 is 55.7 Å². The summed E-state index contributed by atoms with van der Waals surface area (Å²) in [6.45, 7) is 52.5. The van der Waals surface area contributed by atoms with E-state index in [2.05, 4.69) is 86.6 Å². The van der Waals surface area contributed by atoms with Gasteiger partial charge in [0, 0.05) is 155 Å². The Bertz CT molecular complexity index is 2670. The summed E-state index contributed by atoms with van der Waals surface area (Å²) >= 11 is 0. The summed E-state index contributed by atoms with van der Waals surface area (Å²) < 4.78 is 141. The molecule has 2 saturated carbocycles. The number of ether oxygens (including phenoxy) is 2. The van der Waals surface area contributed by atoms with Crippen molar-refractivity contribution in [2.75, 3.05) is 135 Å². The van der Waals surface area contributed by atoms with Crippen LogP contribution in [0.5, 0.6) is 0 Å². The van der Waals surface area contributed by atoms with Crippen molar-refractivity contribution in [1.29, 1.82) is 0 Å². The molecule has 9 heterocycles. The number of morpholine rings is 2. The van der Waals surface area contributed by atoms with E-state index in [0.717, 1.165) is 108 Å². The van der Waals surface area contributed by atoms with Gasteiger partial charge in [0.15, 0.2) is 0 Å². The van der Waals surface area contributed by atoms with E-state index in [1.165, 1.54) is 60.3 Å². The van der Waals surface area contributed by atoms with Crippen molar-refractivity contribution in [2.24, 2.45) is 5.41 Å². The van der Waals surface area contributed by atoms with Crippen LogP contribution in [0.25, 0.3) is 0 Å². The average molecular weight is 1430 g/mol. The molecule has 2 spiro atoms. The Balaban J connectivity index is 0.000000270. The highest BCUT2D eigenvalue weighted by molar-refractivity contribution is 7.98. The van der Waals surface area contributed by atoms with Crippen LogP contribution in [0, 0.1) is 5.41 Å². The zero-order valence-electron chi connectivity index (χ0n) is 60.5. The summed E-state index contributed by atoms with van der Waals surface area (Å²) in [7, 11) is -15.9. The summed E-state index contributed by atoms with van der Waals surface area (Å²) in [6, 6.07) is 3.26. The van der Waals surface area contributed by atoms with Gasteiger partial charge in [0.25, 0.3) is 10.2 Å². The van der Waals surface area contributed by atoms with E-state index in [-0.39, 0.29) is 30.2 Å². The molecule has 548 valence electrons. The average Bonchev–Trinajstić information content (AvgIpc) is 0.826. The Labute approximate surface area is 564 Å². The normalized spacial score (nSPS) is 28.6. The highest BCUT2D eigenvalue weighted by atomic mass is 32.2. The Kier molecular flexibility index (Phi) is 35.5. The van der Waals surface area contributed by atoms with E-state index in [1.807, 2.05) is 73.5 Å². The van der Waals surface area contributed by atoms with Crippen LogP contribution in [-0.4, -0.2) is 289 Å². The van der Waals surface area contributed by atoms with Gasteiger partial charge >= 0.3 is 0 Å². The number of nitrogens with one attached hydrogen (secondary N) is 1. The number of likely N-dealkylation sites (tertiary alicyclic amines) is 1. The predicted octanol–water partition coefficient (Wildman–Crippen LogP) is 6.49. The SMILES string of the molecule is C=S1(=O)CCCN1C(C)C.C=S1(=O)OCCN1C(C)C.CC(C)N1CC2(CCC2)C1.CC(C)N1CCCCS1(=O)=O.CC(C)N1CCCCS1(=O)=O.CC(C)N1CCCNS1(=O)=O.CC(C)N1CCOC2(CC2)C1.CC(C)N1CCOCC1.CC(C)N1CCS1(=O)=O. The van der Waals surface area contributed by atoms with Crippen LogP contribution in [0.3, 0.4) is 0 Å². The quantitative estimate of drug-likeness (QED) is 0.243. The smallest absolute Gasteiger partial charge is 0.279 e. The molecule has 0 aromatic carbocycles. The maximum Gasteiger partial charge on any atom is 0.279 e. The van der Waals surface area contributed by atoms with E-state index in [4.69, 9.17) is 13.7 Å². The number of rotatable bonds is 9. The van der Waals surface area contributed by atoms with Crippen molar-refractivity contribution in [1.82, 2.24) is 45.3 Å². The molecule has 0 aromatic rings.